The maximum Gasteiger partial charge on any atom is 0.0716 e. The number of hydrogen-bond donors (Lipinski definition) is 0. The summed E-state index contributed by atoms with van der Waals surface area (Å²) in [7, 11) is 0. The molecule has 2 aromatic rings. The van der Waals surface area contributed by atoms with Gasteiger partial charge in [0.2, 0.25) is 0 Å². The Balaban J connectivity index is 0.00000176. The van der Waals surface area contributed by atoms with Crippen LogP contribution >= 0.6 is 0 Å². The number of pyridine rings is 1. The topological polar surface area (TPSA) is 36.7 Å². The fraction of sp³-hybridized carbons (Fsp3) is 0.412. The second-order valence-electron chi connectivity index (χ2n) is 10.7. The third kappa shape index (κ3) is 7.17. The molecule has 1 aromatic carbocycles. The highest BCUT2D eigenvalue weighted by Crippen LogP contribution is 2.37. The van der Waals surface area contributed by atoms with E-state index in [1.54, 1.807) is 5.57 Å². The van der Waals surface area contributed by atoms with Crippen LogP contribution in [0.25, 0.3) is 24.3 Å². The van der Waals surface area contributed by atoms with E-state index in [1.807, 2.05) is 13.8 Å². The Labute approximate surface area is 218 Å². The molecule has 0 N–H and O–H groups in total. The summed E-state index contributed by atoms with van der Waals surface area (Å²) in [5.41, 5.74) is 6.32. The van der Waals surface area contributed by atoms with Crippen LogP contribution in [0.3, 0.4) is 0 Å². The molecule has 0 radical (unpaired) electrons. The molecule has 2 aliphatic carbocycles. The zero-order valence-corrected chi connectivity index (χ0v) is 23.0. The number of nitrogens with zero attached hydrogens (tertiary/aromatic N) is 2. The molecule has 2 aliphatic rings. The summed E-state index contributed by atoms with van der Waals surface area (Å²) in [5.74, 6) is 0.434. The van der Waals surface area contributed by atoms with Crippen molar-refractivity contribution in [3.8, 4) is 6.07 Å². The Hall–Kier alpha value is -3.18. The van der Waals surface area contributed by atoms with Crippen molar-refractivity contribution in [2.75, 3.05) is 0 Å². The van der Waals surface area contributed by atoms with Crippen LogP contribution in [0.4, 0.5) is 0 Å². The molecule has 188 valence electrons. The molecule has 1 aromatic heterocycles. The number of fused-ring (bicyclic) bond motifs is 1. The van der Waals surface area contributed by atoms with E-state index in [1.165, 1.54) is 10.8 Å². The fourth-order valence-corrected chi connectivity index (χ4v) is 5.02. The van der Waals surface area contributed by atoms with E-state index in [-0.39, 0.29) is 11.3 Å². The van der Waals surface area contributed by atoms with Gasteiger partial charge in [-0.3, -0.25) is 0 Å². The zero-order valence-electron chi connectivity index (χ0n) is 23.0. The average Bonchev–Trinajstić information content (AvgIpc) is 2.88. The zero-order chi connectivity index (χ0) is 26.1. The molecule has 0 fully saturated rings. The fourth-order valence-electron chi connectivity index (χ4n) is 5.02. The molecular weight excluding hydrogens is 436 g/mol. The first-order chi connectivity index (χ1) is 17.3. The van der Waals surface area contributed by atoms with E-state index < -0.39 is 0 Å². The monoisotopic (exact) mass is 478 g/mol. The molecule has 0 amide bonds. The molecule has 0 spiro atoms. The first kappa shape index (κ1) is 27.4. The molecule has 1 heterocycles. The number of allylic oxidation sites excluding steroid dienone is 4. The number of hydrogen-bond acceptors (Lipinski definition) is 2. The van der Waals surface area contributed by atoms with Gasteiger partial charge in [-0.2, -0.15) is 5.26 Å². The smallest absolute Gasteiger partial charge is 0.0716 e. The third-order valence-corrected chi connectivity index (χ3v) is 6.92. The molecule has 0 aliphatic heterocycles. The van der Waals surface area contributed by atoms with E-state index >= 15 is 0 Å². The lowest BCUT2D eigenvalue weighted by molar-refractivity contribution is 0.472. The minimum atomic E-state index is -0.106. The van der Waals surface area contributed by atoms with Crippen molar-refractivity contribution in [3.63, 3.8) is 0 Å². The van der Waals surface area contributed by atoms with Gasteiger partial charge in [0.15, 0.2) is 0 Å². The summed E-state index contributed by atoms with van der Waals surface area (Å²) in [6.07, 6.45) is 18.4. The van der Waals surface area contributed by atoms with Crippen LogP contribution in [-0.2, 0) is 0 Å². The van der Waals surface area contributed by atoms with Crippen molar-refractivity contribution >= 4 is 24.3 Å². The van der Waals surface area contributed by atoms with Gasteiger partial charge in [-0.25, -0.2) is 4.98 Å². The standard InChI is InChI=1S/C32H36N2.C2H6/c1-23-12-14-26-17-19-29(34-31(26)20-23)18-13-24-8-7-10-27(21-24)28(22-33)16-15-25-9-5-6-11-30(25)32(2,3)4;1-2/h5,7-10,13-14,17-21,23,28H,6,11-12,15-16H2,1-4H3;1-2H3/b18-13+;. The van der Waals surface area contributed by atoms with Gasteiger partial charge < -0.3 is 0 Å². The molecule has 2 unspecified atom stereocenters. The average molecular weight is 479 g/mol. The molecule has 0 bridgehead atoms. The Bertz CT molecular complexity index is 1290. The Morgan fingerprint density at radius 2 is 1.94 bits per heavy atom. The highest BCUT2D eigenvalue weighted by atomic mass is 14.7. The van der Waals surface area contributed by atoms with Crippen LogP contribution in [0.15, 0.2) is 59.7 Å². The number of rotatable bonds is 6. The van der Waals surface area contributed by atoms with Gasteiger partial charge >= 0.3 is 0 Å². The van der Waals surface area contributed by atoms with E-state index in [9.17, 15) is 5.26 Å². The highest BCUT2D eigenvalue weighted by Gasteiger charge is 2.22. The number of aromatic nitrogens is 1. The van der Waals surface area contributed by atoms with Gasteiger partial charge in [-0.05, 0) is 77.5 Å². The molecule has 0 saturated carbocycles. The molecular formula is C34H42N2. The second kappa shape index (κ2) is 12.7. The normalized spacial score (nSPS) is 17.9. The van der Waals surface area contributed by atoms with Crippen molar-refractivity contribution in [2.45, 2.75) is 79.6 Å². The van der Waals surface area contributed by atoms with Crippen LogP contribution in [0, 0.1) is 22.7 Å². The predicted molar refractivity (Wildman–Crippen MR) is 155 cm³/mol. The highest BCUT2D eigenvalue weighted by molar-refractivity contribution is 5.68. The number of benzene rings is 1. The van der Waals surface area contributed by atoms with Gasteiger partial charge in [0.25, 0.3) is 0 Å². The largest absolute Gasteiger partial charge is 0.249 e. The van der Waals surface area contributed by atoms with Crippen LogP contribution in [0.5, 0.6) is 0 Å². The van der Waals surface area contributed by atoms with E-state index in [0.29, 0.717) is 5.92 Å². The summed E-state index contributed by atoms with van der Waals surface area (Å²) in [6, 6.07) is 15.2. The summed E-state index contributed by atoms with van der Waals surface area (Å²) in [6.45, 7) is 13.1. The van der Waals surface area contributed by atoms with Crippen molar-refractivity contribution in [3.05, 3.63) is 87.1 Å². The van der Waals surface area contributed by atoms with Crippen LogP contribution in [-0.4, -0.2) is 4.98 Å². The first-order valence-corrected chi connectivity index (χ1v) is 13.6. The lowest BCUT2D eigenvalue weighted by atomic mass is 9.77. The summed E-state index contributed by atoms with van der Waals surface area (Å²) < 4.78 is 0. The van der Waals surface area contributed by atoms with E-state index in [0.717, 1.165) is 54.3 Å². The van der Waals surface area contributed by atoms with E-state index in [4.69, 9.17) is 4.98 Å². The molecule has 2 nitrogen and oxygen atoms in total. The van der Waals surface area contributed by atoms with Crippen LogP contribution in [0.2, 0.25) is 0 Å². The first-order valence-electron chi connectivity index (χ1n) is 13.6. The maximum absolute atomic E-state index is 9.95. The van der Waals surface area contributed by atoms with Gasteiger partial charge in [-0.1, -0.05) is 108 Å². The van der Waals surface area contributed by atoms with Crippen LogP contribution in [0.1, 0.15) is 96.4 Å². The van der Waals surface area contributed by atoms with Gasteiger partial charge in [0.1, 0.15) is 0 Å². The third-order valence-electron chi connectivity index (χ3n) is 6.92. The van der Waals surface area contributed by atoms with Crippen molar-refractivity contribution in [2.24, 2.45) is 11.3 Å². The Morgan fingerprint density at radius 1 is 1.14 bits per heavy atom. The Kier molecular flexibility index (Phi) is 9.65. The summed E-state index contributed by atoms with van der Waals surface area (Å²) in [5, 5.41) is 12.3. The predicted octanol–water partition coefficient (Wildman–Crippen LogP) is 7.96. The molecule has 2 heteroatoms. The van der Waals surface area contributed by atoms with Crippen molar-refractivity contribution in [1.29, 1.82) is 5.26 Å². The number of nitriles is 1. The molecule has 36 heavy (non-hydrogen) atoms. The van der Waals surface area contributed by atoms with Crippen molar-refractivity contribution < 1.29 is 0 Å². The Morgan fingerprint density at radius 3 is 2.69 bits per heavy atom. The lowest BCUT2D eigenvalue weighted by Gasteiger charge is -2.28. The minimum absolute atomic E-state index is 0.106. The summed E-state index contributed by atoms with van der Waals surface area (Å²) in [4.78, 5) is 4.82. The summed E-state index contributed by atoms with van der Waals surface area (Å²) >= 11 is 0. The van der Waals surface area contributed by atoms with Gasteiger partial charge in [0, 0.05) is 0 Å². The SMILES string of the molecule is CC.CC1C=c2nc(/C=C/c3cccc(C(C#N)CCC4=C(C(C)(C)C)CCC=C4)c3)ccc2=CC1. The van der Waals surface area contributed by atoms with Gasteiger partial charge in [0.05, 0.1) is 23.0 Å². The minimum Gasteiger partial charge on any atom is -0.249 e. The quantitative estimate of drug-likeness (QED) is 0.422. The molecule has 0 saturated heterocycles. The van der Waals surface area contributed by atoms with E-state index in [2.05, 4.69) is 107 Å². The van der Waals surface area contributed by atoms with Crippen molar-refractivity contribution in [1.82, 2.24) is 4.98 Å². The maximum atomic E-state index is 9.95. The second-order valence-corrected chi connectivity index (χ2v) is 10.7. The molecule has 4 rings (SSSR count). The molecule has 2 atom stereocenters. The van der Waals surface area contributed by atoms with Crippen LogP contribution < -0.4 is 10.6 Å². The lowest BCUT2D eigenvalue weighted by Crippen LogP contribution is -2.31. The van der Waals surface area contributed by atoms with Gasteiger partial charge in [-0.15, -0.1) is 0 Å².